The molecule has 0 saturated heterocycles. The van der Waals surface area contributed by atoms with E-state index in [9.17, 15) is 4.79 Å². The lowest BCUT2D eigenvalue weighted by atomic mass is 10.00. The summed E-state index contributed by atoms with van der Waals surface area (Å²) < 4.78 is 1.96. The highest BCUT2D eigenvalue weighted by molar-refractivity contribution is 5.30. The topological polar surface area (TPSA) is 48.0 Å². The predicted molar refractivity (Wildman–Crippen MR) is 85.4 cm³/mol. The molecule has 2 aromatic rings. The van der Waals surface area contributed by atoms with Gasteiger partial charge in [0.25, 0.3) is 5.56 Å². The van der Waals surface area contributed by atoms with Crippen LogP contribution >= 0.6 is 0 Å². The molecule has 1 fully saturated rings. The maximum Gasteiger partial charge on any atom is 0.256 e. The van der Waals surface area contributed by atoms with Gasteiger partial charge in [-0.1, -0.05) is 43.2 Å². The van der Waals surface area contributed by atoms with Gasteiger partial charge in [-0.25, -0.2) is 0 Å². The van der Waals surface area contributed by atoms with Gasteiger partial charge in [0.2, 0.25) is 0 Å². The second kappa shape index (κ2) is 5.86. The standard InChI is InChI=1S/C18H22N2O/c1-13-11-12-16(17(19)14-7-3-2-4-8-14)18(21)20(13)15-9-5-6-10-15/h2-4,7-8,11-12,15,17H,5-6,9-10,19H2,1H3. The van der Waals surface area contributed by atoms with Gasteiger partial charge in [-0.3, -0.25) is 4.79 Å². The van der Waals surface area contributed by atoms with Crippen molar-refractivity contribution < 1.29 is 0 Å². The number of aryl methyl sites for hydroxylation is 1. The quantitative estimate of drug-likeness (QED) is 0.938. The fourth-order valence-electron chi connectivity index (χ4n) is 3.35. The summed E-state index contributed by atoms with van der Waals surface area (Å²) in [7, 11) is 0. The molecule has 1 aromatic heterocycles. The van der Waals surface area contributed by atoms with Crippen molar-refractivity contribution in [2.45, 2.75) is 44.7 Å². The average molecular weight is 282 g/mol. The van der Waals surface area contributed by atoms with Crippen molar-refractivity contribution in [1.82, 2.24) is 4.57 Å². The Morgan fingerprint density at radius 2 is 1.76 bits per heavy atom. The summed E-state index contributed by atoms with van der Waals surface area (Å²) in [6, 6.07) is 13.7. The molecule has 3 heteroatoms. The van der Waals surface area contributed by atoms with E-state index in [2.05, 4.69) is 0 Å². The fourth-order valence-corrected chi connectivity index (χ4v) is 3.35. The molecular formula is C18H22N2O. The normalized spacial score (nSPS) is 17.0. The summed E-state index contributed by atoms with van der Waals surface area (Å²) in [4.78, 5) is 12.9. The predicted octanol–water partition coefficient (Wildman–Crippen LogP) is 3.32. The minimum Gasteiger partial charge on any atom is -0.320 e. The number of hydrogen-bond donors (Lipinski definition) is 1. The Labute approximate surface area is 125 Å². The second-order valence-corrected chi connectivity index (χ2v) is 5.93. The smallest absolute Gasteiger partial charge is 0.256 e. The first-order chi connectivity index (χ1) is 10.2. The van der Waals surface area contributed by atoms with Crippen LogP contribution in [-0.2, 0) is 0 Å². The fraction of sp³-hybridized carbons (Fsp3) is 0.389. The third kappa shape index (κ3) is 2.66. The summed E-state index contributed by atoms with van der Waals surface area (Å²) in [5.41, 5.74) is 9.12. The van der Waals surface area contributed by atoms with E-state index in [0.29, 0.717) is 11.6 Å². The van der Waals surface area contributed by atoms with Gasteiger partial charge >= 0.3 is 0 Å². The minimum absolute atomic E-state index is 0.0817. The Bertz CT molecular complexity index is 669. The molecule has 110 valence electrons. The highest BCUT2D eigenvalue weighted by Gasteiger charge is 2.22. The maximum atomic E-state index is 12.9. The van der Waals surface area contributed by atoms with E-state index < -0.39 is 0 Å². The van der Waals surface area contributed by atoms with E-state index in [1.807, 2.05) is 54.0 Å². The first-order valence-corrected chi connectivity index (χ1v) is 7.71. The molecule has 1 unspecified atom stereocenters. The summed E-state index contributed by atoms with van der Waals surface area (Å²) in [6.07, 6.45) is 4.63. The average Bonchev–Trinajstić information content (AvgIpc) is 3.02. The van der Waals surface area contributed by atoms with Gasteiger partial charge in [0, 0.05) is 17.3 Å². The van der Waals surface area contributed by atoms with Crippen molar-refractivity contribution in [3.63, 3.8) is 0 Å². The van der Waals surface area contributed by atoms with E-state index in [-0.39, 0.29) is 11.6 Å². The van der Waals surface area contributed by atoms with Crippen LogP contribution in [0.4, 0.5) is 0 Å². The number of pyridine rings is 1. The lowest BCUT2D eigenvalue weighted by Gasteiger charge is -2.20. The largest absolute Gasteiger partial charge is 0.320 e. The van der Waals surface area contributed by atoms with Crippen LogP contribution in [0.15, 0.2) is 47.3 Å². The Balaban J connectivity index is 2.04. The van der Waals surface area contributed by atoms with Gasteiger partial charge in [0.1, 0.15) is 0 Å². The highest BCUT2D eigenvalue weighted by atomic mass is 16.1. The Morgan fingerprint density at radius 3 is 2.43 bits per heavy atom. The molecular weight excluding hydrogens is 260 g/mol. The number of benzene rings is 1. The SMILES string of the molecule is Cc1ccc(C(N)c2ccccc2)c(=O)n1C1CCCC1. The maximum absolute atomic E-state index is 12.9. The van der Waals surface area contributed by atoms with Crippen molar-refractivity contribution in [3.8, 4) is 0 Å². The van der Waals surface area contributed by atoms with Crippen LogP contribution in [0.1, 0.15) is 54.6 Å². The molecule has 3 rings (SSSR count). The highest BCUT2D eigenvalue weighted by Crippen LogP contribution is 2.29. The zero-order valence-electron chi connectivity index (χ0n) is 12.5. The van der Waals surface area contributed by atoms with Gasteiger partial charge in [-0.15, -0.1) is 0 Å². The molecule has 1 aromatic carbocycles. The van der Waals surface area contributed by atoms with E-state index in [1.165, 1.54) is 12.8 Å². The van der Waals surface area contributed by atoms with Gasteiger partial charge in [0.15, 0.2) is 0 Å². The van der Waals surface area contributed by atoms with Crippen LogP contribution < -0.4 is 11.3 Å². The summed E-state index contributed by atoms with van der Waals surface area (Å²) in [5.74, 6) is 0. The molecule has 0 bridgehead atoms. The molecule has 0 spiro atoms. The lowest BCUT2D eigenvalue weighted by molar-refractivity contribution is 0.486. The van der Waals surface area contributed by atoms with E-state index in [1.54, 1.807) is 0 Å². The Hall–Kier alpha value is -1.87. The summed E-state index contributed by atoms with van der Waals surface area (Å²) >= 11 is 0. The number of aromatic nitrogens is 1. The number of nitrogens with two attached hydrogens (primary N) is 1. The Morgan fingerprint density at radius 1 is 1.10 bits per heavy atom. The molecule has 1 aliphatic carbocycles. The summed E-state index contributed by atoms with van der Waals surface area (Å²) in [6.45, 7) is 2.01. The van der Waals surface area contributed by atoms with Crippen molar-refractivity contribution in [2.75, 3.05) is 0 Å². The van der Waals surface area contributed by atoms with Gasteiger partial charge in [0.05, 0.1) is 6.04 Å². The lowest BCUT2D eigenvalue weighted by Crippen LogP contribution is -2.31. The molecule has 0 amide bonds. The van der Waals surface area contributed by atoms with Crippen molar-refractivity contribution in [3.05, 3.63) is 69.6 Å². The summed E-state index contributed by atoms with van der Waals surface area (Å²) in [5, 5.41) is 0. The van der Waals surface area contributed by atoms with Crippen LogP contribution in [0.5, 0.6) is 0 Å². The first-order valence-electron chi connectivity index (χ1n) is 7.71. The Kier molecular flexibility index (Phi) is 3.93. The molecule has 1 heterocycles. The molecule has 2 N–H and O–H groups in total. The molecule has 3 nitrogen and oxygen atoms in total. The second-order valence-electron chi connectivity index (χ2n) is 5.93. The van der Waals surface area contributed by atoms with Crippen LogP contribution in [0.2, 0.25) is 0 Å². The van der Waals surface area contributed by atoms with Crippen molar-refractivity contribution in [2.24, 2.45) is 5.73 Å². The van der Waals surface area contributed by atoms with Crippen LogP contribution in [-0.4, -0.2) is 4.57 Å². The molecule has 0 aliphatic heterocycles. The van der Waals surface area contributed by atoms with Crippen LogP contribution in [0.3, 0.4) is 0 Å². The third-order valence-electron chi connectivity index (χ3n) is 4.53. The third-order valence-corrected chi connectivity index (χ3v) is 4.53. The van der Waals surface area contributed by atoms with E-state index >= 15 is 0 Å². The van der Waals surface area contributed by atoms with Gasteiger partial charge < -0.3 is 10.3 Å². The monoisotopic (exact) mass is 282 g/mol. The van der Waals surface area contributed by atoms with Gasteiger partial charge in [-0.2, -0.15) is 0 Å². The van der Waals surface area contributed by atoms with E-state index in [0.717, 1.165) is 24.1 Å². The van der Waals surface area contributed by atoms with E-state index in [4.69, 9.17) is 5.73 Å². The molecule has 21 heavy (non-hydrogen) atoms. The number of nitrogens with zero attached hydrogens (tertiary/aromatic N) is 1. The van der Waals surface area contributed by atoms with Crippen LogP contribution in [0, 0.1) is 6.92 Å². The zero-order chi connectivity index (χ0) is 14.8. The molecule has 1 aliphatic rings. The van der Waals surface area contributed by atoms with Crippen molar-refractivity contribution in [1.29, 1.82) is 0 Å². The van der Waals surface area contributed by atoms with Crippen LogP contribution in [0.25, 0.3) is 0 Å². The first kappa shape index (κ1) is 14.1. The molecule has 1 saturated carbocycles. The zero-order valence-corrected chi connectivity index (χ0v) is 12.5. The number of hydrogen-bond acceptors (Lipinski definition) is 2. The van der Waals surface area contributed by atoms with Gasteiger partial charge in [-0.05, 0) is 37.5 Å². The molecule has 0 radical (unpaired) electrons. The minimum atomic E-state index is -0.355. The van der Waals surface area contributed by atoms with Crippen molar-refractivity contribution >= 4 is 0 Å². The molecule has 1 atom stereocenters. The number of rotatable bonds is 3.